The zero-order chi connectivity index (χ0) is 17.7. The molecule has 1 unspecified atom stereocenters. The average Bonchev–Trinajstić information content (AvgIpc) is 2.88. The van der Waals surface area contributed by atoms with E-state index in [4.69, 9.17) is 5.73 Å². The van der Waals surface area contributed by atoms with Gasteiger partial charge in [-0.25, -0.2) is 0 Å². The summed E-state index contributed by atoms with van der Waals surface area (Å²) in [7, 11) is 0. The largest absolute Gasteiger partial charge is 0.365 e. The Hall–Kier alpha value is -1.47. The van der Waals surface area contributed by atoms with Crippen LogP contribution in [0.5, 0.6) is 0 Å². The lowest BCUT2D eigenvalue weighted by atomic mass is 10.1. The van der Waals surface area contributed by atoms with E-state index in [0.29, 0.717) is 11.4 Å². The minimum Gasteiger partial charge on any atom is -0.365 e. The van der Waals surface area contributed by atoms with Crippen molar-refractivity contribution in [2.24, 2.45) is 5.73 Å². The number of primary amides is 1. The molecule has 0 bridgehead atoms. The molecular weight excluding hydrogens is 324 g/mol. The van der Waals surface area contributed by atoms with Crippen LogP contribution in [0, 0.1) is 6.92 Å². The molecule has 2 amide bonds. The molecule has 2 rings (SSSR count). The van der Waals surface area contributed by atoms with Crippen molar-refractivity contribution >= 4 is 29.4 Å². The van der Waals surface area contributed by atoms with Gasteiger partial charge in [0.1, 0.15) is 5.82 Å². The van der Waals surface area contributed by atoms with Gasteiger partial charge in [-0.05, 0) is 63.8 Å². The Balaban J connectivity index is 2.14. The van der Waals surface area contributed by atoms with Crippen LogP contribution in [-0.2, 0) is 11.2 Å². The molecule has 134 valence electrons. The smallest absolute Gasteiger partial charge is 0.252 e. The van der Waals surface area contributed by atoms with Gasteiger partial charge in [-0.1, -0.05) is 6.42 Å². The molecule has 0 aliphatic carbocycles. The predicted octanol–water partition coefficient (Wildman–Crippen LogP) is 2.14. The van der Waals surface area contributed by atoms with Crippen LogP contribution in [0.3, 0.4) is 0 Å². The summed E-state index contributed by atoms with van der Waals surface area (Å²) in [6.45, 7) is 5.67. The Labute approximate surface area is 147 Å². The first-order valence-electron chi connectivity index (χ1n) is 8.50. The predicted molar refractivity (Wildman–Crippen MR) is 99.6 cm³/mol. The molecule has 1 atom stereocenters. The van der Waals surface area contributed by atoms with Gasteiger partial charge in [0, 0.05) is 5.69 Å². The van der Waals surface area contributed by atoms with Gasteiger partial charge in [-0.2, -0.15) is 11.8 Å². The Bertz CT molecular complexity index is 594. The molecule has 1 aromatic rings. The van der Waals surface area contributed by atoms with Crippen molar-refractivity contribution in [2.45, 2.75) is 45.6 Å². The van der Waals surface area contributed by atoms with Crippen LogP contribution in [0.15, 0.2) is 0 Å². The first-order valence-corrected chi connectivity index (χ1v) is 9.90. The van der Waals surface area contributed by atoms with E-state index in [0.717, 1.165) is 49.4 Å². The summed E-state index contributed by atoms with van der Waals surface area (Å²) >= 11 is 1.74. The lowest BCUT2D eigenvalue weighted by Crippen LogP contribution is -2.44. The number of carbonyl (C=O) groups excluding carboxylic acids is 2. The topological polar surface area (TPSA) is 91.2 Å². The number of likely N-dealkylation sites (tertiary alicyclic amines) is 1. The number of piperidine rings is 1. The maximum absolute atomic E-state index is 12.6. The standard InChI is InChI=1S/C17H28N4O2S/c1-11-13(7-10-24-3)19-16(14(11)15(18)22)20-17(23)12(2)21-8-5-4-6-9-21/h12,19H,4-10H2,1-3H3,(H2,18,22)(H,20,23). The number of aromatic amines is 1. The number of aromatic nitrogens is 1. The van der Waals surface area contributed by atoms with E-state index in [1.165, 1.54) is 6.42 Å². The summed E-state index contributed by atoms with van der Waals surface area (Å²) in [5, 5.41) is 2.88. The van der Waals surface area contributed by atoms with Crippen LogP contribution in [0.25, 0.3) is 0 Å². The Morgan fingerprint density at radius 1 is 1.33 bits per heavy atom. The Kier molecular flexibility index (Phi) is 6.74. The van der Waals surface area contributed by atoms with E-state index < -0.39 is 5.91 Å². The van der Waals surface area contributed by atoms with E-state index >= 15 is 0 Å². The van der Waals surface area contributed by atoms with Crippen molar-refractivity contribution in [2.75, 3.05) is 30.4 Å². The fourth-order valence-corrected chi connectivity index (χ4v) is 3.61. The van der Waals surface area contributed by atoms with Crippen LogP contribution in [0.2, 0.25) is 0 Å². The normalized spacial score (nSPS) is 16.8. The maximum atomic E-state index is 12.6. The van der Waals surface area contributed by atoms with Crippen LogP contribution >= 0.6 is 11.8 Å². The van der Waals surface area contributed by atoms with Crippen molar-refractivity contribution in [3.8, 4) is 0 Å². The van der Waals surface area contributed by atoms with Crippen LogP contribution in [0.1, 0.15) is 47.8 Å². The molecule has 1 aliphatic heterocycles. The molecule has 0 saturated carbocycles. The van der Waals surface area contributed by atoms with Crippen LogP contribution in [0.4, 0.5) is 5.82 Å². The van der Waals surface area contributed by atoms with E-state index in [1.807, 2.05) is 20.1 Å². The van der Waals surface area contributed by atoms with E-state index in [9.17, 15) is 9.59 Å². The number of hydrogen-bond acceptors (Lipinski definition) is 4. The third-order valence-corrected chi connectivity index (χ3v) is 5.33. The summed E-state index contributed by atoms with van der Waals surface area (Å²) < 4.78 is 0. The summed E-state index contributed by atoms with van der Waals surface area (Å²) in [5.41, 5.74) is 7.71. The number of carbonyl (C=O) groups is 2. The Morgan fingerprint density at radius 3 is 2.58 bits per heavy atom. The number of thioether (sulfide) groups is 1. The first kappa shape index (κ1) is 18.9. The zero-order valence-electron chi connectivity index (χ0n) is 14.8. The van der Waals surface area contributed by atoms with Gasteiger partial charge >= 0.3 is 0 Å². The van der Waals surface area contributed by atoms with Gasteiger partial charge in [0.05, 0.1) is 11.6 Å². The number of nitrogens with one attached hydrogen (secondary N) is 2. The second-order valence-electron chi connectivity index (χ2n) is 6.35. The van der Waals surface area contributed by atoms with Crippen molar-refractivity contribution in [3.05, 3.63) is 16.8 Å². The number of H-pyrrole nitrogens is 1. The van der Waals surface area contributed by atoms with E-state index in [-0.39, 0.29) is 11.9 Å². The second-order valence-corrected chi connectivity index (χ2v) is 7.33. The fourth-order valence-electron chi connectivity index (χ4n) is 3.20. The highest BCUT2D eigenvalue weighted by atomic mass is 32.2. The van der Waals surface area contributed by atoms with Gasteiger partial charge in [-0.3, -0.25) is 14.5 Å². The fraction of sp³-hybridized carbons (Fsp3) is 0.647. The van der Waals surface area contributed by atoms with Gasteiger partial charge in [-0.15, -0.1) is 0 Å². The molecule has 6 nitrogen and oxygen atoms in total. The monoisotopic (exact) mass is 352 g/mol. The maximum Gasteiger partial charge on any atom is 0.252 e. The minimum atomic E-state index is -0.514. The number of nitrogens with zero attached hydrogens (tertiary/aromatic N) is 1. The van der Waals surface area contributed by atoms with Crippen molar-refractivity contribution in [1.29, 1.82) is 0 Å². The third-order valence-electron chi connectivity index (χ3n) is 4.72. The van der Waals surface area contributed by atoms with Crippen molar-refractivity contribution < 1.29 is 9.59 Å². The van der Waals surface area contributed by atoms with Gasteiger partial charge < -0.3 is 16.0 Å². The van der Waals surface area contributed by atoms with Gasteiger partial charge in [0.15, 0.2) is 0 Å². The number of anilines is 1. The molecule has 24 heavy (non-hydrogen) atoms. The molecule has 2 heterocycles. The van der Waals surface area contributed by atoms with E-state index in [2.05, 4.69) is 15.2 Å². The summed E-state index contributed by atoms with van der Waals surface area (Å²) in [4.78, 5) is 29.8. The van der Waals surface area contributed by atoms with Crippen LogP contribution in [-0.4, -0.2) is 52.8 Å². The average molecular weight is 353 g/mol. The van der Waals surface area contributed by atoms with Crippen molar-refractivity contribution in [3.63, 3.8) is 0 Å². The van der Waals surface area contributed by atoms with Crippen LogP contribution < -0.4 is 11.1 Å². The molecule has 1 saturated heterocycles. The summed E-state index contributed by atoms with van der Waals surface area (Å²) in [6, 6.07) is -0.218. The lowest BCUT2D eigenvalue weighted by Gasteiger charge is -2.31. The SMILES string of the molecule is CSCCc1[nH]c(NC(=O)C(C)N2CCCCC2)c(C(N)=O)c1C. The highest BCUT2D eigenvalue weighted by molar-refractivity contribution is 7.98. The lowest BCUT2D eigenvalue weighted by molar-refractivity contribution is -0.121. The molecular formula is C17H28N4O2S. The molecule has 7 heteroatoms. The van der Waals surface area contributed by atoms with E-state index in [1.54, 1.807) is 11.8 Å². The summed E-state index contributed by atoms with van der Waals surface area (Å²) in [5.74, 6) is 0.763. The van der Waals surface area contributed by atoms with Crippen molar-refractivity contribution in [1.82, 2.24) is 9.88 Å². The van der Waals surface area contributed by atoms with Gasteiger partial charge in [0.25, 0.3) is 5.91 Å². The number of aryl methyl sites for hydroxylation is 1. The molecule has 1 aromatic heterocycles. The minimum absolute atomic E-state index is 0.0999. The third kappa shape index (κ3) is 4.33. The number of hydrogen-bond donors (Lipinski definition) is 3. The Morgan fingerprint density at radius 2 is 2.00 bits per heavy atom. The number of amides is 2. The van der Waals surface area contributed by atoms with Gasteiger partial charge in [0.2, 0.25) is 5.91 Å². The molecule has 1 fully saturated rings. The quantitative estimate of drug-likeness (QED) is 0.701. The highest BCUT2D eigenvalue weighted by Gasteiger charge is 2.26. The molecule has 0 spiro atoms. The first-order chi connectivity index (χ1) is 11.5. The molecule has 0 aromatic carbocycles. The number of nitrogens with two attached hydrogens (primary N) is 1. The molecule has 1 aliphatic rings. The highest BCUT2D eigenvalue weighted by Crippen LogP contribution is 2.24. The molecule has 0 radical (unpaired) electrons. The number of rotatable bonds is 7. The summed E-state index contributed by atoms with van der Waals surface area (Å²) in [6.07, 6.45) is 6.33. The second kappa shape index (κ2) is 8.58. The zero-order valence-corrected chi connectivity index (χ0v) is 15.6. The molecule has 4 N–H and O–H groups in total.